The number of hydrogen-bond acceptors (Lipinski definition) is 5. The van der Waals surface area contributed by atoms with Crippen molar-refractivity contribution < 1.29 is 9.53 Å². The number of nitrogens with zero attached hydrogens (tertiary/aromatic N) is 2. The number of carbonyl (C=O) groups is 1. The molecule has 1 aromatic heterocycles. The number of rotatable bonds is 9. The third kappa shape index (κ3) is 6.57. The van der Waals surface area contributed by atoms with E-state index in [1.54, 1.807) is 18.3 Å². The second-order valence-electron chi connectivity index (χ2n) is 6.92. The van der Waals surface area contributed by atoms with E-state index in [-0.39, 0.29) is 5.57 Å². The largest absolute Gasteiger partial charge is 0.493 e. The predicted molar refractivity (Wildman–Crippen MR) is 130 cm³/mol. The minimum Gasteiger partial charge on any atom is -0.493 e. The lowest BCUT2D eigenvalue weighted by molar-refractivity contribution is -0.112. The highest BCUT2D eigenvalue weighted by Crippen LogP contribution is 2.27. The van der Waals surface area contributed by atoms with E-state index in [2.05, 4.69) is 17.2 Å². The van der Waals surface area contributed by atoms with Crippen LogP contribution in [0.5, 0.6) is 5.75 Å². The van der Waals surface area contributed by atoms with Gasteiger partial charge in [0.05, 0.1) is 16.7 Å². The molecule has 0 aliphatic heterocycles. The number of thiazole rings is 1. The molecule has 0 fully saturated rings. The van der Waals surface area contributed by atoms with Gasteiger partial charge in [0.2, 0.25) is 0 Å². The first kappa shape index (κ1) is 23.8. The highest BCUT2D eigenvalue weighted by atomic mass is 35.5. The molecule has 3 rings (SSSR count). The van der Waals surface area contributed by atoms with Crippen LogP contribution in [0.4, 0.5) is 5.13 Å². The average molecular weight is 486 g/mol. The number of carbonyl (C=O) groups excluding carboxylic acids is 1. The van der Waals surface area contributed by atoms with E-state index < -0.39 is 5.91 Å². The molecular formula is C24H21Cl2N3O2S. The first-order chi connectivity index (χ1) is 15.5. The van der Waals surface area contributed by atoms with Crippen molar-refractivity contribution in [2.45, 2.75) is 26.2 Å². The number of hydrogen-bond donors (Lipinski definition) is 1. The molecule has 0 atom stereocenters. The quantitative estimate of drug-likeness (QED) is 0.206. The third-order valence-corrected chi connectivity index (χ3v) is 6.13. The average Bonchev–Trinajstić information content (AvgIpc) is 3.22. The SMILES string of the molecule is CCCCOc1ccccc1C=C(C#N)C(=O)Nc1ncc(Cc2ccc(Cl)c(Cl)c2)s1. The van der Waals surface area contributed by atoms with Crippen molar-refractivity contribution in [3.8, 4) is 11.8 Å². The summed E-state index contributed by atoms with van der Waals surface area (Å²) < 4.78 is 5.78. The number of para-hydroxylation sites is 1. The van der Waals surface area contributed by atoms with Crippen LogP contribution in [-0.2, 0) is 11.2 Å². The van der Waals surface area contributed by atoms with Gasteiger partial charge in [0.15, 0.2) is 5.13 Å². The summed E-state index contributed by atoms with van der Waals surface area (Å²) in [6.45, 7) is 2.66. The number of nitrogens with one attached hydrogen (secondary N) is 1. The molecule has 0 bridgehead atoms. The monoisotopic (exact) mass is 485 g/mol. The minimum absolute atomic E-state index is 0.0298. The van der Waals surface area contributed by atoms with Gasteiger partial charge in [-0.1, -0.05) is 60.8 Å². The maximum atomic E-state index is 12.7. The van der Waals surface area contributed by atoms with Gasteiger partial charge in [-0.2, -0.15) is 5.26 Å². The lowest BCUT2D eigenvalue weighted by Gasteiger charge is -2.09. The van der Waals surface area contributed by atoms with Gasteiger partial charge in [0.1, 0.15) is 17.4 Å². The van der Waals surface area contributed by atoms with Crippen molar-refractivity contribution in [3.63, 3.8) is 0 Å². The van der Waals surface area contributed by atoms with Gasteiger partial charge in [0.25, 0.3) is 5.91 Å². The Morgan fingerprint density at radius 2 is 2.06 bits per heavy atom. The topological polar surface area (TPSA) is 75.0 Å². The van der Waals surface area contributed by atoms with Gasteiger partial charge in [-0.15, -0.1) is 11.3 Å². The van der Waals surface area contributed by atoms with Gasteiger partial charge >= 0.3 is 0 Å². The molecule has 0 spiro atoms. The molecule has 164 valence electrons. The number of halogens is 2. The van der Waals surface area contributed by atoms with Crippen molar-refractivity contribution in [1.29, 1.82) is 5.26 Å². The Balaban J connectivity index is 1.70. The summed E-state index contributed by atoms with van der Waals surface area (Å²) in [6, 6.07) is 14.7. The molecule has 1 heterocycles. The fraction of sp³-hybridized carbons (Fsp3) is 0.208. The number of amides is 1. The molecule has 32 heavy (non-hydrogen) atoms. The third-order valence-electron chi connectivity index (χ3n) is 4.48. The number of benzene rings is 2. The molecule has 3 aromatic rings. The van der Waals surface area contributed by atoms with Gasteiger partial charge in [-0.05, 0) is 36.3 Å². The molecule has 0 saturated heterocycles. The van der Waals surface area contributed by atoms with Crippen molar-refractivity contribution in [2.24, 2.45) is 0 Å². The Bertz CT molecular complexity index is 1170. The lowest BCUT2D eigenvalue weighted by Crippen LogP contribution is -2.13. The molecule has 0 unspecified atom stereocenters. The summed E-state index contributed by atoms with van der Waals surface area (Å²) in [6.07, 6.45) is 5.77. The van der Waals surface area contributed by atoms with Crippen LogP contribution in [0, 0.1) is 11.3 Å². The normalized spacial score (nSPS) is 11.1. The molecule has 5 nitrogen and oxygen atoms in total. The van der Waals surface area contributed by atoms with Gasteiger partial charge in [-0.25, -0.2) is 4.98 Å². The Hall–Kier alpha value is -2.85. The van der Waals surface area contributed by atoms with E-state index in [0.717, 1.165) is 23.3 Å². The van der Waals surface area contributed by atoms with E-state index in [1.165, 1.54) is 17.4 Å². The summed E-state index contributed by atoms with van der Waals surface area (Å²) in [5.41, 5.74) is 1.63. The van der Waals surface area contributed by atoms with Crippen LogP contribution in [0.1, 0.15) is 35.8 Å². The van der Waals surface area contributed by atoms with Crippen LogP contribution in [0.2, 0.25) is 10.0 Å². The Morgan fingerprint density at radius 3 is 2.81 bits per heavy atom. The predicted octanol–water partition coefficient (Wildman–Crippen LogP) is 6.77. The molecule has 1 amide bonds. The summed E-state index contributed by atoms with van der Waals surface area (Å²) in [7, 11) is 0. The fourth-order valence-electron chi connectivity index (χ4n) is 2.82. The number of unbranched alkanes of at least 4 members (excludes halogenated alkanes) is 1. The van der Waals surface area contributed by atoms with Crippen LogP contribution in [-0.4, -0.2) is 17.5 Å². The van der Waals surface area contributed by atoms with Crippen molar-refractivity contribution in [1.82, 2.24) is 4.98 Å². The summed E-state index contributed by atoms with van der Waals surface area (Å²) in [5, 5.41) is 13.6. The molecule has 0 saturated carbocycles. The zero-order valence-corrected chi connectivity index (χ0v) is 19.7. The highest BCUT2D eigenvalue weighted by Gasteiger charge is 2.14. The first-order valence-corrected chi connectivity index (χ1v) is 11.6. The summed E-state index contributed by atoms with van der Waals surface area (Å²) in [4.78, 5) is 17.9. The van der Waals surface area contributed by atoms with Crippen LogP contribution in [0.25, 0.3) is 6.08 Å². The second-order valence-corrected chi connectivity index (χ2v) is 8.85. The second kappa shape index (κ2) is 11.7. The van der Waals surface area contributed by atoms with E-state index in [1.807, 2.05) is 36.4 Å². The molecule has 2 aromatic carbocycles. The highest BCUT2D eigenvalue weighted by molar-refractivity contribution is 7.15. The fourth-order valence-corrected chi connectivity index (χ4v) is 3.99. The van der Waals surface area contributed by atoms with E-state index in [4.69, 9.17) is 27.9 Å². The van der Waals surface area contributed by atoms with Crippen molar-refractivity contribution in [3.05, 3.63) is 80.3 Å². The van der Waals surface area contributed by atoms with Crippen LogP contribution < -0.4 is 10.1 Å². The first-order valence-electron chi connectivity index (χ1n) is 10.0. The summed E-state index contributed by atoms with van der Waals surface area (Å²) in [5.74, 6) is 0.117. The van der Waals surface area contributed by atoms with Gasteiger partial charge in [-0.3, -0.25) is 10.1 Å². The lowest BCUT2D eigenvalue weighted by atomic mass is 10.1. The molecule has 1 N–H and O–H groups in total. The zero-order valence-electron chi connectivity index (χ0n) is 17.4. The maximum absolute atomic E-state index is 12.7. The standard InChI is InChI=1S/C24H21Cl2N3O2S/c1-2-3-10-31-22-7-5-4-6-17(22)13-18(14-27)23(30)29-24-28-15-19(32-24)11-16-8-9-20(25)21(26)12-16/h4-9,12-13,15H,2-3,10-11H2,1H3,(H,28,29,30). The van der Waals surface area contributed by atoms with Crippen molar-refractivity contribution in [2.75, 3.05) is 11.9 Å². The minimum atomic E-state index is -0.522. The molecule has 0 aliphatic rings. The van der Waals surface area contributed by atoms with Gasteiger partial charge in [0, 0.05) is 23.1 Å². The number of ether oxygens (including phenoxy) is 1. The van der Waals surface area contributed by atoms with Crippen LogP contribution in [0.15, 0.2) is 54.2 Å². The molecule has 8 heteroatoms. The van der Waals surface area contributed by atoms with Crippen molar-refractivity contribution >= 4 is 51.7 Å². The van der Waals surface area contributed by atoms with E-state index in [0.29, 0.717) is 39.5 Å². The Kier molecular flexibility index (Phi) is 8.69. The molecule has 0 radical (unpaired) electrons. The maximum Gasteiger partial charge on any atom is 0.268 e. The summed E-state index contributed by atoms with van der Waals surface area (Å²) >= 11 is 13.4. The van der Waals surface area contributed by atoms with E-state index in [9.17, 15) is 10.1 Å². The Labute approximate surface area is 201 Å². The van der Waals surface area contributed by atoms with Gasteiger partial charge < -0.3 is 4.74 Å². The molecule has 0 aliphatic carbocycles. The Morgan fingerprint density at radius 1 is 1.25 bits per heavy atom. The molecular weight excluding hydrogens is 465 g/mol. The van der Waals surface area contributed by atoms with Crippen LogP contribution in [0.3, 0.4) is 0 Å². The number of aromatic nitrogens is 1. The number of nitriles is 1. The zero-order chi connectivity index (χ0) is 22.9. The van der Waals surface area contributed by atoms with E-state index >= 15 is 0 Å². The smallest absolute Gasteiger partial charge is 0.268 e. The number of anilines is 1. The van der Waals surface area contributed by atoms with Crippen LogP contribution >= 0.6 is 34.5 Å².